The Labute approximate surface area is 153 Å². The van der Waals surface area contributed by atoms with Crippen molar-refractivity contribution in [2.75, 3.05) is 0 Å². The molecule has 1 aliphatic rings. The van der Waals surface area contributed by atoms with Gasteiger partial charge in [0.2, 0.25) is 0 Å². The molecule has 3 rings (SSSR count). The van der Waals surface area contributed by atoms with Crippen molar-refractivity contribution < 1.29 is 14.3 Å². The normalized spacial score (nSPS) is 18.8. The molecule has 4 heteroatoms. The maximum absolute atomic E-state index is 12.5. The van der Waals surface area contributed by atoms with Gasteiger partial charge in [-0.15, -0.1) is 0 Å². The largest absolute Gasteiger partial charge is 0.423 e. The van der Waals surface area contributed by atoms with Gasteiger partial charge in [-0.1, -0.05) is 50.6 Å². The molecular formula is C22H22NO3. The van der Waals surface area contributed by atoms with Crippen LogP contribution in [0.2, 0.25) is 0 Å². The van der Waals surface area contributed by atoms with Crippen molar-refractivity contribution in [2.24, 2.45) is 5.92 Å². The van der Waals surface area contributed by atoms with E-state index in [2.05, 4.69) is 26.1 Å². The summed E-state index contributed by atoms with van der Waals surface area (Å²) in [5, 5.41) is 3.03. The summed E-state index contributed by atoms with van der Waals surface area (Å²) in [6.45, 7) is 7.94. The molecule has 2 unspecified atom stereocenters. The lowest BCUT2D eigenvalue weighted by Crippen LogP contribution is -2.44. The zero-order valence-corrected chi connectivity index (χ0v) is 15.0. The van der Waals surface area contributed by atoms with Gasteiger partial charge in [0.05, 0.1) is 6.04 Å². The molecule has 2 aromatic rings. The molecule has 1 N–H and O–H groups in total. The van der Waals surface area contributed by atoms with Gasteiger partial charge >= 0.3 is 5.97 Å². The number of esters is 1. The summed E-state index contributed by atoms with van der Waals surface area (Å²) in [7, 11) is 0. The van der Waals surface area contributed by atoms with Crippen LogP contribution in [0.5, 0.6) is 5.75 Å². The zero-order chi connectivity index (χ0) is 18.7. The summed E-state index contributed by atoms with van der Waals surface area (Å²) in [6, 6.07) is 14.1. The molecule has 0 saturated heterocycles. The molecule has 1 heterocycles. The molecule has 26 heavy (non-hydrogen) atoms. The minimum Gasteiger partial charge on any atom is -0.423 e. The summed E-state index contributed by atoms with van der Waals surface area (Å²) in [6.07, 6.45) is 2.37. The predicted molar refractivity (Wildman–Crippen MR) is 102 cm³/mol. The Hall–Kier alpha value is -2.88. The second kappa shape index (κ2) is 7.56. The highest BCUT2D eigenvalue weighted by atomic mass is 16.5. The summed E-state index contributed by atoms with van der Waals surface area (Å²) >= 11 is 0. The van der Waals surface area contributed by atoms with E-state index in [0.29, 0.717) is 11.3 Å². The highest BCUT2D eigenvalue weighted by Gasteiger charge is 2.32. The van der Waals surface area contributed by atoms with E-state index in [1.807, 2.05) is 18.2 Å². The van der Waals surface area contributed by atoms with Gasteiger partial charge in [-0.25, -0.2) is 4.79 Å². The van der Waals surface area contributed by atoms with E-state index in [1.54, 1.807) is 30.3 Å². The Morgan fingerprint density at radius 3 is 2.50 bits per heavy atom. The Kier molecular flexibility index (Phi) is 5.21. The van der Waals surface area contributed by atoms with Crippen molar-refractivity contribution in [2.45, 2.75) is 26.3 Å². The summed E-state index contributed by atoms with van der Waals surface area (Å²) in [4.78, 5) is 24.9. The maximum atomic E-state index is 12.5. The Balaban J connectivity index is 1.96. The number of carbonyl (C=O) groups excluding carboxylic acids is 2. The minimum atomic E-state index is -0.462. The number of nitrogens with one attached hydrogen (secondary N) is 1. The summed E-state index contributed by atoms with van der Waals surface area (Å²) in [5.74, 6) is 0.0859. The van der Waals surface area contributed by atoms with Crippen LogP contribution >= 0.6 is 0 Å². The highest BCUT2D eigenvalue weighted by molar-refractivity contribution is 6.06. The third kappa shape index (κ3) is 3.69. The molecule has 0 saturated carbocycles. The van der Waals surface area contributed by atoms with Crippen LogP contribution in [0.3, 0.4) is 0 Å². The minimum absolute atomic E-state index is 0.109. The van der Waals surface area contributed by atoms with Crippen molar-refractivity contribution in [1.82, 2.24) is 5.32 Å². The van der Waals surface area contributed by atoms with Crippen molar-refractivity contribution in [3.63, 3.8) is 0 Å². The van der Waals surface area contributed by atoms with Gasteiger partial charge in [0, 0.05) is 11.6 Å². The molecule has 2 aromatic carbocycles. The van der Waals surface area contributed by atoms with Crippen LogP contribution in [0, 0.1) is 12.8 Å². The first kappa shape index (κ1) is 17.9. The standard InChI is InChI=1S/C22H22NO3/c1-4-15(3)21-19(17-7-5-6-8-18(17)22(25)23-21)13-20(24)26-16-11-9-14(2)10-12-16/h5-13,15,21H,2,4H2,1,3H3,(H,23,25)/b19-13+. The lowest BCUT2D eigenvalue weighted by Gasteiger charge is -2.32. The molecule has 1 radical (unpaired) electrons. The number of carbonyl (C=O) groups is 2. The van der Waals surface area contributed by atoms with E-state index in [0.717, 1.165) is 23.1 Å². The molecule has 0 aliphatic carbocycles. The van der Waals surface area contributed by atoms with Crippen molar-refractivity contribution >= 4 is 17.4 Å². The molecule has 4 nitrogen and oxygen atoms in total. The average Bonchev–Trinajstić information content (AvgIpc) is 2.65. The fourth-order valence-corrected chi connectivity index (χ4v) is 3.08. The van der Waals surface area contributed by atoms with E-state index in [9.17, 15) is 9.59 Å². The van der Waals surface area contributed by atoms with Crippen LogP contribution in [-0.4, -0.2) is 17.9 Å². The van der Waals surface area contributed by atoms with Crippen molar-refractivity contribution in [1.29, 1.82) is 0 Å². The molecule has 1 amide bonds. The molecule has 1 aliphatic heterocycles. The quantitative estimate of drug-likeness (QED) is 0.516. The topological polar surface area (TPSA) is 55.4 Å². The molecule has 0 spiro atoms. The number of benzene rings is 2. The van der Waals surface area contributed by atoms with Gasteiger partial charge in [0.1, 0.15) is 5.75 Å². The number of hydrogen-bond acceptors (Lipinski definition) is 3. The molecule has 0 fully saturated rings. The van der Waals surface area contributed by atoms with Crippen LogP contribution in [-0.2, 0) is 4.79 Å². The van der Waals surface area contributed by atoms with Crippen LogP contribution in [0.25, 0.3) is 5.57 Å². The second-order valence-corrected chi connectivity index (χ2v) is 6.55. The Morgan fingerprint density at radius 1 is 1.19 bits per heavy atom. The Morgan fingerprint density at radius 2 is 1.85 bits per heavy atom. The van der Waals surface area contributed by atoms with E-state index in [4.69, 9.17) is 4.74 Å². The smallest absolute Gasteiger partial charge is 0.336 e. The molecule has 2 atom stereocenters. The van der Waals surface area contributed by atoms with E-state index in [1.165, 1.54) is 6.08 Å². The molecule has 133 valence electrons. The molecule has 0 bridgehead atoms. The first-order valence-corrected chi connectivity index (χ1v) is 8.75. The van der Waals surface area contributed by atoms with E-state index in [-0.39, 0.29) is 17.9 Å². The summed E-state index contributed by atoms with van der Waals surface area (Å²) in [5.41, 5.74) is 3.00. The first-order valence-electron chi connectivity index (χ1n) is 8.75. The van der Waals surface area contributed by atoms with Crippen LogP contribution in [0.1, 0.15) is 41.8 Å². The monoisotopic (exact) mass is 348 g/mol. The number of amides is 1. The third-order valence-electron chi connectivity index (χ3n) is 4.73. The zero-order valence-electron chi connectivity index (χ0n) is 15.0. The third-order valence-corrected chi connectivity index (χ3v) is 4.73. The van der Waals surface area contributed by atoms with Gasteiger partial charge in [-0.05, 0) is 47.7 Å². The fourth-order valence-electron chi connectivity index (χ4n) is 3.08. The molecular weight excluding hydrogens is 326 g/mol. The van der Waals surface area contributed by atoms with Gasteiger partial charge in [-0.3, -0.25) is 4.79 Å². The predicted octanol–water partition coefficient (Wildman–Crippen LogP) is 4.02. The van der Waals surface area contributed by atoms with Crippen molar-refractivity contribution in [3.8, 4) is 5.75 Å². The number of fused-ring (bicyclic) bond motifs is 1. The van der Waals surface area contributed by atoms with Gasteiger partial charge in [0.15, 0.2) is 0 Å². The van der Waals surface area contributed by atoms with Crippen LogP contribution in [0.4, 0.5) is 0 Å². The van der Waals surface area contributed by atoms with E-state index >= 15 is 0 Å². The Bertz CT molecular complexity index is 852. The van der Waals surface area contributed by atoms with E-state index < -0.39 is 5.97 Å². The summed E-state index contributed by atoms with van der Waals surface area (Å²) < 4.78 is 5.42. The fraction of sp³-hybridized carbons (Fsp3) is 0.227. The van der Waals surface area contributed by atoms with Crippen molar-refractivity contribution in [3.05, 3.63) is 78.2 Å². The lowest BCUT2D eigenvalue weighted by atomic mass is 9.82. The lowest BCUT2D eigenvalue weighted by molar-refractivity contribution is -0.128. The second-order valence-electron chi connectivity index (χ2n) is 6.55. The highest BCUT2D eigenvalue weighted by Crippen LogP contribution is 2.31. The van der Waals surface area contributed by atoms with Crippen LogP contribution in [0.15, 0.2) is 54.6 Å². The van der Waals surface area contributed by atoms with Crippen LogP contribution < -0.4 is 10.1 Å². The average molecular weight is 348 g/mol. The van der Waals surface area contributed by atoms with Gasteiger partial charge in [0.25, 0.3) is 5.91 Å². The molecule has 0 aromatic heterocycles. The van der Waals surface area contributed by atoms with Gasteiger partial charge < -0.3 is 10.1 Å². The number of rotatable bonds is 4. The first-order chi connectivity index (χ1) is 12.5. The SMILES string of the molecule is [CH2]c1ccc(OC(=O)/C=C2\c3ccccc3C(=O)NC2C(C)CC)cc1. The van der Waals surface area contributed by atoms with Gasteiger partial charge in [-0.2, -0.15) is 0 Å². The maximum Gasteiger partial charge on any atom is 0.336 e. The number of hydrogen-bond donors (Lipinski definition) is 1. The number of ether oxygens (including phenoxy) is 1.